The predicted octanol–water partition coefficient (Wildman–Crippen LogP) is -0.142. The number of carbonyl (C=O) groups is 1. The highest BCUT2D eigenvalue weighted by Crippen LogP contribution is 2.22. The molecule has 19 heavy (non-hydrogen) atoms. The Labute approximate surface area is 112 Å². The molecular weight excluding hydrogens is 268 g/mol. The molecule has 0 spiro atoms. The summed E-state index contributed by atoms with van der Waals surface area (Å²) in [7, 11) is -3.54. The molecule has 1 aromatic heterocycles. The van der Waals surface area contributed by atoms with Crippen LogP contribution in [0, 0.1) is 5.92 Å². The van der Waals surface area contributed by atoms with E-state index < -0.39 is 10.0 Å². The van der Waals surface area contributed by atoms with E-state index in [4.69, 9.17) is 5.73 Å². The van der Waals surface area contributed by atoms with Gasteiger partial charge in [0.25, 0.3) is 10.0 Å². The van der Waals surface area contributed by atoms with Crippen LogP contribution < -0.4 is 5.73 Å². The molecule has 1 amide bonds. The lowest BCUT2D eigenvalue weighted by molar-refractivity contribution is -0.122. The number of aromatic amines is 1. The summed E-state index contributed by atoms with van der Waals surface area (Å²) in [6.07, 6.45) is 2.94. The van der Waals surface area contributed by atoms with Crippen LogP contribution in [0.3, 0.4) is 0 Å². The van der Waals surface area contributed by atoms with E-state index in [9.17, 15) is 13.2 Å². The van der Waals surface area contributed by atoms with Gasteiger partial charge in [0, 0.05) is 25.4 Å². The summed E-state index contributed by atoms with van der Waals surface area (Å²) in [6.45, 7) is 2.53. The lowest BCUT2D eigenvalue weighted by atomic mass is 9.98. The first-order valence-corrected chi connectivity index (χ1v) is 7.72. The van der Waals surface area contributed by atoms with E-state index in [0.717, 1.165) is 0 Å². The highest BCUT2D eigenvalue weighted by Gasteiger charge is 2.32. The number of carbonyl (C=O) groups excluding carboxylic acids is 1. The molecule has 0 atom stereocenters. The second-order valence-electron chi connectivity index (χ2n) is 4.63. The van der Waals surface area contributed by atoms with E-state index in [-0.39, 0.29) is 16.9 Å². The van der Waals surface area contributed by atoms with Gasteiger partial charge in [-0.05, 0) is 12.8 Å². The molecule has 3 N–H and O–H groups in total. The quantitative estimate of drug-likeness (QED) is 0.802. The van der Waals surface area contributed by atoms with Gasteiger partial charge in [-0.15, -0.1) is 0 Å². The Morgan fingerprint density at radius 1 is 1.53 bits per heavy atom. The van der Waals surface area contributed by atoms with Gasteiger partial charge in [0.2, 0.25) is 5.91 Å². The lowest BCUT2D eigenvalue weighted by Crippen LogP contribution is -2.41. The lowest BCUT2D eigenvalue weighted by Gasteiger charge is -2.29. The van der Waals surface area contributed by atoms with E-state index in [1.54, 1.807) is 0 Å². The molecular formula is C11H18N4O3S. The Morgan fingerprint density at radius 2 is 2.16 bits per heavy atom. The normalized spacial score (nSPS) is 18.6. The van der Waals surface area contributed by atoms with Crippen molar-refractivity contribution < 1.29 is 13.2 Å². The summed E-state index contributed by atoms with van der Waals surface area (Å²) in [5, 5.41) is 0.113. The summed E-state index contributed by atoms with van der Waals surface area (Å²) < 4.78 is 26.0. The number of amides is 1. The van der Waals surface area contributed by atoms with Crippen LogP contribution in [0.25, 0.3) is 0 Å². The number of hydrogen-bond acceptors (Lipinski definition) is 4. The number of nitrogens with zero attached hydrogens (tertiary/aromatic N) is 2. The molecule has 1 aliphatic rings. The molecule has 106 valence electrons. The number of piperidine rings is 1. The van der Waals surface area contributed by atoms with Gasteiger partial charge in [0.15, 0.2) is 5.03 Å². The minimum atomic E-state index is -3.54. The fourth-order valence-corrected chi connectivity index (χ4v) is 3.58. The zero-order valence-corrected chi connectivity index (χ0v) is 11.6. The van der Waals surface area contributed by atoms with Crippen molar-refractivity contribution in [3.05, 3.63) is 12.0 Å². The fourth-order valence-electron chi connectivity index (χ4n) is 2.17. The molecule has 2 rings (SSSR count). The molecule has 1 fully saturated rings. The number of aromatic nitrogens is 2. The molecule has 2 heterocycles. The van der Waals surface area contributed by atoms with Gasteiger partial charge in [0.05, 0.1) is 6.20 Å². The topological polar surface area (TPSA) is 109 Å². The van der Waals surface area contributed by atoms with E-state index in [2.05, 4.69) is 9.97 Å². The van der Waals surface area contributed by atoms with Crippen molar-refractivity contribution in [3.63, 3.8) is 0 Å². The number of nitrogens with two attached hydrogens (primary N) is 1. The average molecular weight is 286 g/mol. The Hall–Kier alpha value is -1.41. The first-order valence-electron chi connectivity index (χ1n) is 6.28. The summed E-state index contributed by atoms with van der Waals surface area (Å²) in [4.78, 5) is 17.9. The standard InChI is InChI=1S/C11H18N4O3S/c1-2-9-13-7-10(14-9)19(17,18)15-5-3-8(4-6-15)11(12)16/h7-8H,2-6H2,1H3,(H2,12,16)(H,13,14). The van der Waals surface area contributed by atoms with Gasteiger partial charge >= 0.3 is 0 Å². The van der Waals surface area contributed by atoms with Crippen molar-refractivity contribution in [2.45, 2.75) is 31.2 Å². The molecule has 0 aliphatic carbocycles. The Balaban J connectivity index is 2.11. The van der Waals surface area contributed by atoms with Gasteiger partial charge in [-0.1, -0.05) is 6.92 Å². The highest BCUT2D eigenvalue weighted by atomic mass is 32.2. The van der Waals surface area contributed by atoms with Gasteiger partial charge in [-0.25, -0.2) is 13.4 Å². The fraction of sp³-hybridized carbons (Fsp3) is 0.636. The molecule has 1 aliphatic heterocycles. The summed E-state index contributed by atoms with van der Waals surface area (Å²) in [5.41, 5.74) is 5.23. The van der Waals surface area contributed by atoms with Crippen LogP contribution in [0.1, 0.15) is 25.6 Å². The smallest absolute Gasteiger partial charge is 0.260 e. The maximum Gasteiger partial charge on any atom is 0.260 e. The summed E-state index contributed by atoms with van der Waals surface area (Å²) in [6, 6.07) is 0. The summed E-state index contributed by atoms with van der Waals surface area (Å²) >= 11 is 0. The average Bonchev–Trinajstić information content (AvgIpc) is 2.88. The number of sulfonamides is 1. The molecule has 0 aromatic carbocycles. The van der Waals surface area contributed by atoms with E-state index in [1.165, 1.54) is 10.5 Å². The maximum atomic E-state index is 12.3. The molecule has 0 saturated carbocycles. The zero-order chi connectivity index (χ0) is 14.0. The Bertz CT molecular complexity index is 558. The van der Waals surface area contributed by atoms with Crippen LogP contribution in [0.4, 0.5) is 0 Å². The van der Waals surface area contributed by atoms with Crippen LogP contribution in [0.5, 0.6) is 0 Å². The van der Waals surface area contributed by atoms with Crippen LogP contribution in [0.15, 0.2) is 11.2 Å². The van der Waals surface area contributed by atoms with E-state index in [1.807, 2.05) is 6.92 Å². The summed E-state index contributed by atoms with van der Waals surface area (Å²) in [5.74, 6) is 0.0666. The first kappa shape index (κ1) is 14.0. The van der Waals surface area contributed by atoms with Crippen LogP contribution in [-0.2, 0) is 21.2 Å². The zero-order valence-electron chi connectivity index (χ0n) is 10.8. The van der Waals surface area contributed by atoms with Crippen LogP contribution in [0.2, 0.25) is 0 Å². The molecule has 1 saturated heterocycles. The van der Waals surface area contributed by atoms with Gasteiger partial charge in [-0.3, -0.25) is 4.79 Å². The number of hydrogen-bond donors (Lipinski definition) is 2. The van der Waals surface area contributed by atoms with Crippen molar-refractivity contribution in [3.8, 4) is 0 Å². The first-order chi connectivity index (χ1) is 8.95. The third-order valence-electron chi connectivity index (χ3n) is 3.41. The van der Waals surface area contributed by atoms with Gasteiger partial charge in [0.1, 0.15) is 5.82 Å². The Kier molecular flexibility index (Phi) is 3.91. The van der Waals surface area contributed by atoms with Crippen LogP contribution >= 0.6 is 0 Å². The minimum Gasteiger partial charge on any atom is -0.369 e. The molecule has 7 nitrogen and oxygen atoms in total. The number of nitrogens with one attached hydrogen (secondary N) is 1. The number of H-pyrrole nitrogens is 1. The van der Waals surface area contributed by atoms with Crippen molar-refractivity contribution >= 4 is 15.9 Å². The molecule has 0 unspecified atom stereocenters. The van der Waals surface area contributed by atoms with Crippen molar-refractivity contribution in [2.24, 2.45) is 11.7 Å². The number of primary amides is 1. The molecule has 0 bridgehead atoms. The SMILES string of the molecule is CCc1ncc(S(=O)(=O)N2CCC(C(N)=O)CC2)[nH]1. The third kappa shape index (κ3) is 2.79. The van der Waals surface area contributed by atoms with Gasteiger partial charge < -0.3 is 10.7 Å². The Morgan fingerprint density at radius 3 is 2.63 bits per heavy atom. The maximum absolute atomic E-state index is 12.3. The second-order valence-corrected chi connectivity index (χ2v) is 6.53. The van der Waals surface area contributed by atoms with Crippen molar-refractivity contribution in [1.82, 2.24) is 14.3 Å². The third-order valence-corrected chi connectivity index (χ3v) is 5.22. The number of imidazole rings is 1. The van der Waals surface area contributed by atoms with Gasteiger partial charge in [-0.2, -0.15) is 4.31 Å². The molecule has 1 aromatic rings. The van der Waals surface area contributed by atoms with Crippen molar-refractivity contribution in [1.29, 1.82) is 0 Å². The number of aryl methyl sites for hydroxylation is 1. The largest absolute Gasteiger partial charge is 0.369 e. The number of rotatable bonds is 4. The molecule has 8 heteroatoms. The van der Waals surface area contributed by atoms with Crippen molar-refractivity contribution in [2.75, 3.05) is 13.1 Å². The predicted molar refractivity (Wildman–Crippen MR) is 68.6 cm³/mol. The van der Waals surface area contributed by atoms with E-state index in [0.29, 0.717) is 38.2 Å². The highest BCUT2D eigenvalue weighted by molar-refractivity contribution is 7.89. The minimum absolute atomic E-state index is 0.113. The molecule has 0 radical (unpaired) electrons. The van der Waals surface area contributed by atoms with E-state index >= 15 is 0 Å². The monoisotopic (exact) mass is 286 g/mol. The second kappa shape index (κ2) is 5.30. The van der Waals surface area contributed by atoms with Crippen LogP contribution in [-0.4, -0.2) is 41.7 Å².